The minimum Gasteiger partial charge on any atom is -0.351 e. The topological polar surface area (TPSA) is 105 Å². The predicted octanol–water partition coefficient (Wildman–Crippen LogP) is 6.29. The molecule has 1 fully saturated rings. The summed E-state index contributed by atoms with van der Waals surface area (Å²) in [7, 11) is 0. The zero-order valence-electron chi connectivity index (χ0n) is 23.4. The fourth-order valence-corrected chi connectivity index (χ4v) is 5.72. The fourth-order valence-electron chi connectivity index (χ4n) is 5.60. The van der Waals surface area contributed by atoms with Gasteiger partial charge in [0, 0.05) is 29.2 Å². The average Bonchev–Trinajstić information content (AvgIpc) is 2.91. The molecule has 2 atom stereocenters. The van der Waals surface area contributed by atoms with E-state index < -0.39 is 12.1 Å². The van der Waals surface area contributed by atoms with Crippen LogP contribution in [0.5, 0.6) is 0 Å². The molecule has 7 nitrogen and oxygen atoms in total. The molecule has 1 aliphatic rings. The molecule has 1 saturated heterocycles. The summed E-state index contributed by atoms with van der Waals surface area (Å²) in [4.78, 5) is 40.5. The fraction of sp³-hybridized carbons (Fsp3) is 0.344. The molecule has 1 unspecified atom stereocenters. The van der Waals surface area contributed by atoms with Crippen molar-refractivity contribution in [3.05, 3.63) is 88.9 Å². The number of nitrogens with two attached hydrogens (primary N) is 1. The van der Waals surface area contributed by atoms with Gasteiger partial charge in [0.15, 0.2) is 0 Å². The van der Waals surface area contributed by atoms with Gasteiger partial charge in [-0.05, 0) is 65.1 Å². The van der Waals surface area contributed by atoms with Gasteiger partial charge in [-0.3, -0.25) is 9.59 Å². The van der Waals surface area contributed by atoms with Gasteiger partial charge < -0.3 is 21.3 Å². The monoisotopic (exact) mass is 560 g/mol. The first-order valence-electron chi connectivity index (χ1n) is 13.6. The maximum Gasteiger partial charge on any atom is 0.316 e. The van der Waals surface area contributed by atoms with Gasteiger partial charge in [-0.1, -0.05) is 81.8 Å². The normalized spacial score (nSPS) is 17.2. The molecular formula is C32H37ClN4O3. The van der Waals surface area contributed by atoms with Crippen LogP contribution < -0.4 is 16.4 Å². The molecule has 0 saturated carbocycles. The minimum atomic E-state index is -0.667. The summed E-state index contributed by atoms with van der Waals surface area (Å²) < 4.78 is 0. The number of rotatable bonds is 7. The highest BCUT2D eigenvalue weighted by molar-refractivity contribution is 6.30. The van der Waals surface area contributed by atoms with Crippen molar-refractivity contribution in [1.82, 2.24) is 10.2 Å². The highest BCUT2D eigenvalue weighted by atomic mass is 35.5. The quantitative estimate of drug-likeness (QED) is 0.316. The lowest BCUT2D eigenvalue weighted by molar-refractivity contribution is -0.137. The molecule has 8 heteroatoms. The minimum absolute atomic E-state index is 0.0712. The molecule has 0 spiro atoms. The summed E-state index contributed by atoms with van der Waals surface area (Å²) in [5, 5.41) is 6.33. The number of amides is 4. The Hall–Kier alpha value is -3.84. The van der Waals surface area contributed by atoms with Crippen LogP contribution in [0.15, 0.2) is 72.8 Å². The summed E-state index contributed by atoms with van der Waals surface area (Å²) in [5.74, 6) is -0.199. The molecule has 3 aromatic carbocycles. The Morgan fingerprint density at radius 3 is 2.35 bits per heavy atom. The number of carbonyl (C=O) groups excluding carboxylic acids is 3. The number of anilines is 1. The van der Waals surface area contributed by atoms with Crippen LogP contribution >= 0.6 is 11.6 Å². The second-order valence-electron chi connectivity index (χ2n) is 11.5. The molecule has 0 aliphatic carbocycles. The summed E-state index contributed by atoms with van der Waals surface area (Å²) in [5.41, 5.74) is 8.86. The Morgan fingerprint density at radius 2 is 1.70 bits per heavy atom. The molecule has 210 valence electrons. The Balaban J connectivity index is 1.50. The smallest absolute Gasteiger partial charge is 0.316 e. The predicted molar refractivity (Wildman–Crippen MR) is 160 cm³/mol. The van der Waals surface area contributed by atoms with Gasteiger partial charge in [-0.25, -0.2) is 4.79 Å². The van der Waals surface area contributed by atoms with E-state index in [1.807, 2.05) is 49.1 Å². The van der Waals surface area contributed by atoms with Crippen molar-refractivity contribution in [3.63, 3.8) is 0 Å². The molecule has 0 radical (unpaired) electrons. The molecule has 0 bridgehead atoms. The second-order valence-corrected chi connectivity index (χ2v) is 11.9. The molecule has 4 amide bonds. The number of nitrogens with one attached hydrogen (secondary N) is 2. The first-order chi connectivity index (χ1) is 19.0. The van der Waals surface area contributed by atoms with E-state index in [9.17, 15) is 14.4 Å². The van der Waals surface area contributed by atoms with Gasteiger partial charge in [0.25, 0.3) is 5.91 Å². The van der Waals surface area contributed by atoms with E-state index in [-0.39, 0.29) is 23.1 Å². The number of primary amides is 1. The van der Waals surface area contributed by atoms with Gasteiger partial charge in [-0.2, -0.15) is 0 Å². The van der Waals surface area contributed by atoms with Crippen molar-refractivity contribution in [2.75, 3.05) is 18.4 Å². The Kier molecular flexibility index (Phi) is 8.84. The van der Waals surface area contributed by atoms with E-state index >= 15 is 0 Å². The number of benzene rings is 3. The van der Waals surface area contributed by atoms with Crippen LogP contribution in [0.3, 0.4) is 0 Å². The van der Waals surface area contributed by atoms with Crippen LogP contribution in [0.4, 0.5) is 10.5 Å². The van der Waals surface area contributed by atoms with Crippen molar-refractivity contribution in [1.29, 1.82) is 0 Å². The third-order valence-electron chi connectivity index (χ3n) is 7.65. The van der Waals surface area contributed by atoms with Crippen LogP contribution in [-0.4, -0.2) is 41.9 Å². The lowest BCUT2D eigenvalue weighted by Gasteiger charge is -2.45. The molecule has 4 rings (SSSR count). The molecule has 40 heavy (non-hydrogen) atoms. The average molecular weight is 561 g/mol. The zero-order chi connectivity index (χ0) is 29.0. The van der Waals surface area contributed by atoms with Crippen LogP contribution in [-0.2, 0) is 4.79 Å². The lowest BCUT2D eigenvalue weighted by atomic mass is 9.70. The summed E-state index contributed by atoms with van der Waals surface area (Å²) >= 11 is 6.09. The number of carbonyl (C=O) groups is 3. The van der Waals surface area contributed by atoms with Crippen molar-refractivity contribution in [3.8, 4) is 11.1 Å². The molecule has 3 aromatic rings. The molecule has 0 aromatic heterocycles. The van der Waals surface area contributed by atoms with Crippen molar-refractivity contribution in [2.24, 2.45) is 17.1 Å². The number of halogens is 1. The van der Waals surface area contributed by atoms with Crippen LogP contribution in [0, 0.1) is 11.3 Å². The van der Waals surface area contributed by atoms with Crippen molar-refractivity contribution in [2.45, 2.75) is 46.1 Å². The first-order valence-corrected chi connectivity index (χ1v) is 13.9. The highest BCUT2D eigenvalue weighted by Crippen LogP contribution is 2.42. The van der Waals surface area contributed by atoms with E-state index in [0.717, 1.165) is 17.5 Å². The number of urea groups is 1. The second kappa shape index (κ2) is 12.1. The van der Waals surface area contributed by atoms with Gasteiger partial charge in [0.05, 0.1) is 5.69 Å². The van der Waals surface area contributed by atoms with Crippen molar-refractivity contribution >= 4 is 35.1 Å². The largest absolute Gasteiger partial charge is 0.351 e. The third kappa shape index (κ3) is 6.65. The molecule has 1 aliphatic heterocycles. The number of nitrogens with zero attached hydrogens (tertiary/aromatic N) is 1. The van der Waals surface area contributed by atoms with E-state index in [1.54, 1.807) is 30.3 Å². The standard InChI is InChI=1S/C32H37ClN4O3/c1-20(2)28(30(39)37-17-16-26(32(3,4)19-37)21-12-14-24(33)15-13-21)36-29(38)23-9-7-8-22(18-23)25-10-5-6-11-27(25)35-31(34)40/h5-15,18,20,26,28H,16-17,19H2,1-4H3,(H,36,38)(H3,34,35,40)/t26?,28-/m1/s1. The van der Waals surface area contributed by atoms with E-state index in [0.29, 0.717) is 35.3 Å². The van der Waals surface area contributed by atoms with Gasteiger partial charge in [0.2, 0.25) is 5.91 Å². The number of piperidine rings is 1. The van der Waals surface area contributed by atoms with Gasteiger partial charge >= 0.3 is 6.03 Å². The number of para-hydroxylation sites is 1. The first kappa shape index (κ1) is 29.2. The number of likely N-dealkylation sites (tertiary alicyclic amines) is 1. The Morgan fingerprint density at radius 1 is 1.00 bits per heavy atom. The third-order valence-corrected chi connectivity index (χ3v) is 7.91. The number of hydrogen-bond donors (Lipinski definition) is 3. The van der Waals surface area contributed by atoms with Gasteiger partial charge in [-0.15, -0.1) is 0 Å². The van der Waals surface area contributed by atoms with Crippen LogP contribution in [0.2, 0.25) is 5.02 Å². The van der Waals surface area contributed by atoms with Crippen molar-refractivity contribution < 1.29 is 14.4 Å². The van der Waals surface area contributed by atoms with E-state index in [2.05, 4.69) is 36.6 Å². The Labute approximate surface area is 241 Å². The summed E-state index contributed by atoms with van der Waals surface area (Å²) in [6.07, 6.45) is 0.833. The Bertz CT molecular complexity index is 1390. The highest BCUT2D eigenvalue weighted by Gasteiger charge is 2.40. The maximum absolute atomic E-state index is 13.8. The zero-order valence-corrected chi connectivity index (χ0v) is 24.2. The van der Waals surface area contributed by atoms with Crippen LogP contribution in [0.25, 0.3) is 11.1 Å². The SMILES string of the molecule is CC(C)[C@@H](NC(=O)c1cccc(-c2ccccc2NC(N)=O)c1)C(=O)N1CCC(c2ccc(Cl)cc2)C(C)(C)C1. The summed E-state index contributed by atoms with van der Waals surface area (Å²) in [6, 6.07) is 21.0. The molecule has 1 heterocycles. The number of hydrogen-bond acceptors (Lipinski definition) is 3. The molecular weight excluding hydrogens is 524 g/mol. The summed E-state index contributed by atoms with van der Waals surface area (Å²) in [6.45, 7) is 9.47. The van der Waals surface area contributed by atoms with E-state index in [4.69, 9.17) is 17.3 Å². The molecule has 4 N–H and O–H groups in total. The van der Waals surface area contributed by atoms with E-state index in [1.165, 1.54) is 5.56 Å². The maximum atomic E-state index is 13.8. The van der Waals surface area contributed by atoms with Gasteiger partial charge in [0.1, 0.15) is 6.04 Å². The lowest BCUT2D eigenvalue weighted by Crippen LogP contribution is -2.55. The van der Waals surface area contributed by atoms with Crippen LogP contribution in [0.1, 0.15) is 56.0 Å².